The van der Waals surface area contributed by atoms with Gasteiger partial charge in [-0.15, -0.1) is 0 Å². The first kappa shape index (κ1) is 18.2. The van der Waals surface area contributed by atoms with Crippen molar-refractivity contribution >= 4 is 5.65 Å². The average Bonchev–Trinajstić information content (AvgIpc) is 2.84. The highest BCUT2D eigenvalue weighted by atomic mass is 15.2. The lowest BCUT2D eigenvalue weighted by Gasteiger charge is -2.20. The largest absolute Gasteiger partial charge is 0.315 e. The van der Waals surface area contributed by atoms with Crippen molar-refractivity contribution in [1.29, 1.82) is 0 Å². The lowest BCUT2D eigenvalue weighted by Crippen LogP contribution is -2.28. The maximum absolute atomic E-state index is 5.03. The molecule has 3 heterocycles. The molecule has 0 spiro atoms. The Kier molecular flexibility index (Phi) is 5.28. The molecule has 1 aromatic carbocycles. The van der Waals surface area contributed by atoms with Crippen molar-refractivity contribution in [2.75, 3.05) is 26.2 Å². The summed E-state index contributed by atoms with van der Waals surface area (Å²) in [6.45, 7) is 12.0. The van der Waals surface area contributed by atoms with Crippen LogP contribution in [0.15, 0.2) is 42.5 Å². The summed E-state index contributed by atoms with van der Waals surface area (Å²) in [5.41, 5.74) is 7.30. The van der Waals surface area contributed by atoms with Crippen LogP contribution in [-0.4, -0.2) is 40.5 Å². The highest BCUT2D eigenvalue weighted by molar-refractivity contribution is 5.67. The van der Waals surface area contributed by atoms with Gasteiger partial charge >= 0.3 is 0 Å². The Hall–Kier alpha value is -2.17. The molecule has 1 fully saturated rings. The Bertz CT molecular complexity index is 900. The maximum atomic E-state index is 5.03. The Morgan fingerprint density at radius 3 is 2.63 bits per heavy atom. The summed E-state index contributed by atoms with van der Waals surface area (Å²) in [5.74, 6) is 0.548. The molecule has 0 bridgehead atoms. The normalized spacial score (nSPS) is 16.1. The lowest BCUT2D eigenvalue weighted by molar-refractivity contribution is 0.280. The van der Waals surface area contributed by atoms with Crippen LogP contribution in [0.1, 0.15) is 43.1 Å². The molecule has 0 unspecified atom stereocenters. The van der Waals surface area contributed by atoms with Crippen molar-refractivity contribution in [3.63, 3.8) is 0 Å². The molecule has 2 aromatic heterocycles. The highest BCUT2D eigenvalue weighted by Gasteiger charge is 2.19. The van der Waals surface area contributed by atoms with Crippen molar-refractivity contribution in [3.8, 4) is 11.3 Å². The van der Waals surface area contributed by atoms with Crippen LogP contribution in [0.2, 0.25) is 0 Å². The quantitative estimate of drug-likeness (QED) is 0.754. The zero-order valence-electron chi connectivity index (χ0n) is 16.7. The molecule has 1 aliphatic rings. The van der Waals surface area contributed by atoms with Crippen molar-refractivity contribution in [2.24, 2.45) is 0 Å². The van der Waals surface area contributed by atoms with E-state index in [2.05, 4.69) is 77.9 Å². The van der Waals surface area contributed by atoms with Gasteiger partial charge in [0, 0.05) is 30.9 Å². The number of rotatable bonds is 4. The number of aryl methyl sites for hydroxylation is 1. The molecule has 0 amide bonds. The number of nitrogens with zero attached hydrogens (tertiary/aromatic N) is 3. The molecule has 3 aromatic rings. The molecule has 4 heteroatoms. The van der Waals surface area contributed by atoms with Crippen molar-refractivity contribution < 1.29 is 0 Å². The molecule has 0 saturated carbocycles. The van der Waals surface area contributed by atoms with Gasteiger partial charge in [-0.1, -0.05) is 44.2 Å². The van der Waals surface area contributed by atoms with Gasteiger partial charge in [0.25, 0.3) is 0 Å². The molecule has 142 valence electrons. The number of hydrogen-bond acceptors (Lipinski definition) is 3. The molecule has 1 saturated heterocycles. The zero-order chi connectivity index (χ0) is 18.8. The van der Waals surface area contributed by atoms with Gasteiger partial charge in [0.05, 0.1) is 11.4 Å². The fraction of sp³-hybridized carbons (Fsp3) is 0.435. The SMILES string of the molecule is Cc1cccc2nc(-c3ccc(C(C)C)cc3)c(CN3CCCNCC3)n12. The highest BCUT2D eigenvalue weighted by Crippen LogP contribution is 2.28. The maximum Gasteiger partial charge on any atom is 0.137 e. The van der Waals surface area contributed by atoms with Crippen LogP contribution in [-0.2, 0) is 6.54 Å². The number of fused-ring (bicyclic) bond motifs is 1. The lowest BCUT2D eigenvalue weighted by atomic mass is 10.0. The summed E-state index contributed by atoms with van der Waals surface area (Å²) >= 11 is 0. The number of imidazole rings is 1. The molecule has 0 radical (unpaired) electrons. The minimum Gasteiger partial charge on any atom is -0.315 e. The summed E-state index contributed by atoms with van der Waals surface area (Å²) in [6.07, 6.45) is 1.20. The summed E-state index contributed by atoms with van der Waals surface area (Å²) in [7, 11) is 0. The Balaban J connectivity index is 1.78. The fourth-order valence-corrected chi connectivity index (χ4v) is 4.00. The predicted octanol–water partition coefficient (Wildman–Crippen LogP) is 4.23. The fourth-order valence-electron chi connectivity index (χ4n) is 4.00. The second-order valence-electron chi connectivity index (χ2n) is 7.92. The molecule has 4 nitrogen and oxygen atoms in total. The van der Waals surface area contributed by atoms with E-state index < -0.39 is 0 Å². The van der Waals surface area contributed by atoms with Crippen LogP contribution in [0.25, 0.3) is 16.9 Å². The number of benzene rings is 1. The van der Waals surface area contributed by atoms with Gasteiger partial charge in [-0.3, -0.25) is 9.30 Å². The van der Waals surface area contributed by atoms with Crippen molar-refractivity contribution in [1.82, 2.24) is 19.6 Å². The van der Waals surface area contributed by atoms with Gasteiger partial charge in [0.15, 0.2) is 0 Å². The van der Waals surface area contributed by atoms with E-state index in [0.717, 1.165) is 44.1 Å². The zero-order valence-corrected chi connectivity index (χ0v) is 16.7. The number of pyridine rings is 1. The van der Waals surface area contributed by atoms with Crippen molar-refractivity contribution in [3.05, 3.63) is 59.4 Å². The van der Waals surface area contributed by atoms with E-state index in [1.54, 1.807) is 0 Å². The molecule has 1 N–H and O–H groups in total. The van der Waals surface area contributed by atoms with Crippen LogP contribution in [0.4, 0.5) is 0 Å². The minimum atomic E-state index is 0.548. The number of aromatic nitrogens is 2. The van der Waals surface area contributed by atoms with Gasteiger partial charge in [-0.05, 0) is 50.0 Å². The van der Waals surface area contributed by atoms with Crippen molar-refractivity contribution in [2.45, 2.75) is 39.7 Å². The Morgan fingerprint density at radius 2 is 1.85 bits per heavy atom. The second-order valence-corrected chi connectivity index (χ2v) is 7.92. The van der Waals surface area contributed by atoms with Gasteiger partial charge < -0.3 is 5.32 Å². The number of nitrogens with one attached hydrogen (secondary N) is 1. The van der Waals surface area contributed by atoms with E-state index in [1.807, 2.05) is 0 Å². The monoisotopic (exact) mass is 362 g/mol. The minimum absolute atomic E-state index is 0.548. The molecule has 0 atom stereocenters. The predicted molar refractivity (Wildman–Crippen MR) is 112 cm³/mol. The summed E-state index contributed by atoms with van der Waals surface area (Å²) in [6, 6.07) is 15.4. The van der Waals surface area contributed by atoms with Gasteiger partial charge in [0.1, 0.15) is 5.65 Å². The first-order valence-corrected chi connectivity index (χ1v) is 10.1. The summed E-state index contributed by atoms with van der Waals surface area (Å²) in [4.78, 5) is 7.59. The third-order valence-corrected chi connectivity index (χ3v) is 5.59. The molecule has 4 rings (SSSR count). The van der Waals surface area contributed by atoms with E-state index in [0.29, 0.717) is 5.92 Å². The van der Waals surface area contributed by atoms with Gasteiger partial charge in [-0.25, -0.2) is 4.98 Å². The van der Waals surface area contributed by atoms with Crippen LogP contribution in [0.5, 0.6) is 0 Å². The van der Waals surface area contributed by atoms with E-state index in [9.17, 15) is 0 Å². The van der Waals surface area contributed by atoms with Gasteiger partial charge in [-0.2, -0.15) is 0 Å². The summed E-state index contributed by atoms with van der Waals surface area (Å²) in [5, 5.41) is 3.50. The smallest absolute Gasteiger partial charge is 0.137 e. The topological polar surface area (TPSA) is 32.6 Å². The standard InChI is InChI=1S/C23H30N4/c1-17(2)19-8-10-20(11-9-19)23-21(16-26-14-5-12-24-13-15-26)27-18(3)6-4-7-22(27)25-23/h4,6-11,17,24H,5,12-16H2,1-3H3. The van der Waals surface area contributed by atoms with E-state index in [4.69, 9.17) is 4.98 Å². The van der Waals surface area contributed by atoms with Crippen LogP contribution < -0.4 is 5.32 Å². The summed E-state index contributed by atoms with van der Waals surface area (Å²) < 4.78 is 2.34. The number of hydrogen-bond donors (Lipinski definition) is 1. The molecule has 27 heavy (non-hydrogen) atoms. The van der Waals surface area contributed by atoms with Crippen LogP contribution in [0.3, 0.4) is 0 Å². The average molecular weight is 363 g/mol. The molecular formula is C23H30N4. The molecule has 1 aliphatic heterocycles. The Morgan fingerprint density at radius 1 is 1.04 bits per heavy atom. The van der Waals surface area contributed by atoms with E-state index in [1.165, 1.54) is 28.9 Å². The Labute approximate surface area is 162 Å². The third-order valence-electron chi connectivity index (χ3n) is 5.59. The van der Waals surface area contributed by atoms with E-state index >= 15 is 0 Å². The third kappa shape index (κ3) is 3.78. The first-order valence-electron chi connectivity index (χ1n) is 10.1. The first-order chi connectivity index (χ1) is 13.1. The molecular weight excluding hydrogens is 332 g/mol. The van der Waals surface area contributed by atoms with Crippen LogP contribution in [0, 0.1) is 6.92 Å². The second kappa shape index (κ2) is 7.83. The molecule has 0 aliphatic carbocycles. The van der Waals surface area contributed by atoms with Gasteiger partial charge in [0.2, 0.25) is 0 Å². The van der Waals surface area contributed by atoms with E-state index in [-0.39, 0.29) is 0 Å². The van der Waals surface area contributed by atoms with Crippen LogP contribution >= 0.6 is 0 Å².